The zero-order valence-electron chi connectivity index (χ0n) is 17.6. The molecule has 0 saturated carbocycles. The third-order valence-corrected chi connectivity index (χ3v) is 3.94. The molecule has 0 bridgehead atoms. The van der Waals surface area contributed by atoms with Gasteiger partial charge in [0.25, 0.3) is 0 Å². The van der Waals surface area contributed by atoms with Crippen molar-refractivity contribution < 1.29 is 14.3 Å². The zero-order chi connectivity index (χ0) is 21.2. The second-order valence-electron chi connectivity index (χ2n) is 7.85. The number of rotatable bonds is 10. The average molecular weight is 398 g/mol. The molecule has 0 aliphatic heterocycles. The Morgan fingerprint density at radius 1 is 0.759 bits per heavy atom. The van der Waals surface area contributed by atoms with Crippen molar-refractivity contribution in [2.45, 2.75) is 34.1 Å². The SMILES string of the molecule is CC(C)COc1ccc(NC(=O)CNc2ccc(NC(=O)CC(C)C)cc2)cc1. The number of hydrogen-bond acceptors (Lipinski definition) is 4. The van der Waals surface area contributed by atoms with E-state index in [0.717, 1.165) is 22.8 Å². The van der Waals surface area contributed by atoms with Crippen LogP contribution in [-0.2, 0) is 9.59 Å². The topological polar surface area (TPSA) is 79.5 Å². The Morgan fingerprint density at radius 2 is 1.28 bits per heavy atom. The fourth-order valence-electron chi connectivity index (χ4n) is 2.54. The number of carbonyl (C=O) groups excluding carboxylic acids is 2. The van der Waals surface area contributed by atoms with Gasteiger partial charge in [-0.3, -0.25) is 9.59 Å². The molecule has 156 valence electrons. The van der Waals surface area contributed by atoms with Crippen molar-refractivity contribution in [3.8, 4) is 5.75 Å². The molecule has 0 aliphatic rings. The first-order chi connectivity index (χ1) is 13.8. The van der Waals surface area contributed by atoms with Gasteiger partial charge in [0.2, 0.25) is 11.8 Å². The average Bonchev–Trinajstić information content (AvgIpc) is 2.66. The molecule has 6 heteroatoms. The van der Waals surface area contributed by atoms with Gasteiger partial charge in [-0.15, -0.1) is 0 Å². The highest BCUT2D eigenvalue weighted by Crippen LogP contribution is 2.17. The quantitative estimate of drug-likeness (QED) is 0.540. The summed E-state index contributed by atoms with van der Waals surface area (Å²) in [5.74, 6) is 1.43. The minimum Gasteiger partial charge on any atom is -0.493 e. The highest BCUT2D eigenvalue weighted by molar-refractivity contribution is 5.94. The zero-order valence-corrected chi connectivity index (χ0v) is 17.6. The van der Waals surface area contributed by atoms with Gasteiger partial charge in [-0.25, -0.2) is 0 Å². The number of hydrogen-bond donors (Lipinski definition) is 3. The highest BCUT2D eigenvalue weighted by Gasteiger charge is 2.06. The van der Waals surface area contributed by atoms with Crippen LogP contribution in [0.2, 0.25) is 0 Å². The second kappa shape index (κ2) is 11.1. The summed E-state index contributed by atoms with van der Waals surface area (Å²) in [4.78, 5) is 23.9. The molecule has 0 saturated heterocycles. The molecule has 2 aromatic carbocycles. The summed E-state index contributed by atoms with van der Waals surface area (Å²) in [5, 5.41) is 8.78. The van der Waals surface area contributed by atoms with Crippen LogP contribution in [0.3, 0.4) is 0 Å². The molecule has 0 aromatic heterocycles. The number of benzene rings is 2. The normalized spacial score (nSPS) is 10.7. The van der Waals surface area contributed by atoms with Gasteiger partial charge >= 0.3 is 0 Å². The van der Waals surface area contributed by atoms with Gasteiger partial charge in [-0.2, -0.15) is 0 Å². The predicted molar refractivity (Wildman–Crippen MR) is 118 cm³/mol. The van der Waals surface area contributed by atoms with Crippen LogP contribution in [0.25, 0.3) is 0 Å². The summed E-state index contributed by atoms with van der Waals surface area (Å²) in [6, 6.07) is 14.6. The molecule has 6 nitrogen and oxygen atoms in total. The molecule has 0 heterocycles. The first kappa shape index (κ1) is 22.3. The third kappa shape index (κ3) is 8.68. The van der Waals surface area contributed by atoms with Crippen LogP contribution < -0.4 is 20.7 Å². The summed E-state index contributed by atoms with van der Waals surface area (Å²) in [6.45, 7) is 9.01. The minimum absolute atomic E-state index is 0.000659. The van der Waals surface area contributed by atoms with Gasteiger partial charge in [-0.05, 0) is 60.4 Å². The lowest BCUT2D eigenvalue weighted by molar-refractivity contribution is -0.117. The van der Waals surface area contributed by atoms with Crippen molar-refractivity contribution >= 4 is 28.9 Å². The minimum atomic E-state index is -0.143. The molecule has 29 heavy (non-hydrogen) atoms. The van der Waals surface area contributed by atoms with E-state index in [1.807, 2.05) is 62.4 Å². The summed E-state index contributed by atoms with van der Waals surface area (Å²) in [7, 11) is 0. The van der Waals surface area contributed by atoms with Crippen LogP contribution in [0.5, 0.6) is 5.75 Å². The Labute approximate surface area is 173 Å². The van der Waals surface area contributed by atoms with E-state index in [0.29, 0.717) is 24.9 Å². The molecule has 2 aromatic rings. The Morgan fingerprint density at radius 3 is 1.83 bits per heavy atom. The fraction of sp³-hybridized carbons (Fsp3) is 0.391. The van der Waals surface area contributed by atoms with Crippen LogP contribution in [0.4, 0.5) is 17.1 Å². The monoisotopic (exact) mass is 397 g/mol. The standard InChI is InChI=1S/C23H31N3O3/c1-16(2)13-22(27)25-19-7-5-18(6-8-19)24-14-23(28)26-20-9-11-21(12-10-20)29-15-17(3)4/h5-12,16-17,24H,13-15H2,1-4H3,(H,25,27)(H,26,28). The lowest BCUT2D eigenvalue weighted by Crippen LogP contribution is -2.21. The number of nitrogens with one attached hydrogen (secondary N) is 3. The lowest BCUT2D eigenvalue weighted by Gasteiger charge is -2.11. The van der Waals surface area contributed by atoms with Crippen LogP contribution in [0, 0.1) is 11.8 Å². The van der Waals surface area contributed by atoms with Crippen LogP contribution >= 0.6 is 0 Å². The van der Waals surface area contributed by atoms with Crippen molar-refractivity contribution in [2.75, 3.05) is 29.1 Å². The molecule has 0 atom stereocenters. The number of carbonyl (C=O) groups is 2. The van der Waals surface area contributed by atoms with Gasteiger partial charge in [0, 0.05) is 23.5 Å². The summed E-state index contributed by atoms with van der Waals surface area (Å²) in [5.41, 5.74) is 2.27. The van der Waals surface area contributed by atoms with Crippen molar-refractivity contribution in [3.63, 3.8) is 0 Å². The van der Waals surface area contributed by atoms with Crippen molar-refractivity contribution in [3.05, 3.63) is 48.5 Å². The fourth-order valence-corrected chi connectivity index (χ4v) is 2.54. The van der Waals surface area contributed by atoms with E-state index in [2.05, 4.69) is 29.8 Å². The molecule has 0 spiro atoms. The molecule has 3 N–H and O–H groups in total. The maximum absolute atomic E-state index is 12.1. The molecule has 0 radical (unpaired) electrons. The molecule has 0 unspecified atom stereocenters. The van der Waals surface area contributed by atoms with Gasteiger partial charge in [0.1, 0.15) is 5.75 Å². The Bertz CT molecular complexity index is 784. The molecular weight excluding hydrogens is 366 g/mol. The maximum atomic E-state index is 12.1. The smallest absolute Gasteiger partial charge is 0.243 e. The maximum Gasteiger partial charge on any atom is 0.243 e. The van der Waals surface area contributed by atoms with Gasteiger partial charge < -0.3 is 20.7 Å². The van der Waals surface area contributed by atoms with Crippen molar-refractivity contribution in [1.82, 2.24) is 0 Å². The summed E-state index contributed by atoms with van der Waals surface area (Å²) < 4.78 is 5.63. The molecule has 2 amide bonds. The van der Waals surface area contributed by atoms with E-state index in [4.69, 9.17) is 4.74 Å². The molecule has 2 rings (SSSR count). The molecule has 0 fully saturated rings. The van der Waals surface area contributed by atoms with E-state index < -0.39 is 0 Å². The number of ether oxygens (including phenoxy) is 1. The number of anilines is 3. The van der Waals surface area contributed by atoms with Gasteiger partial charge in [-0.1, -0.05) is 27.7 Å². The van der Waals surface area contributed by atoms with Crippen LogP contribution in [-0.4, -0.2) is 25.0 Å². The summed E-state index contributed by atoms with van der Waals surface area (Å²) >= 11 is 0. The van der Waals surface area contributed by atoms with Crippen molar-refractivity contribution in [2.24, 2.45) is 11.8 Å². The van der Waals surface area contributed by atoms with Gasteiger partial charge in [0.15, 0.2) is 0 Å². The van der Waals surface area contributed by atoms with E-state index >= 15 is 0 Å². The van der Waals surface area contributed by atoms with E-state index in [1.54, 1.807) is 0 Å². The predicted octanol–water partition coefficient (Wildman–Crippen LogP) is 4.76. The Balaban J connectivity index is 1.76. The lowest BCUT2D eigenvalue weighted by atomic mass is 10.1. The summed E-state index contributed by atoms with van der Waals surface area (Å²) in [6.07, 6.45) is 0.491. The second-order valence-corrected chi connectivity index (χ2v) is 7.85. The van der Waals surface area contributed by atoms with Crippen LogP contribution in [0.15, 0.2) is 48.5 Å². The molecule has 0 aliphatic carbocycles. The third-order valence-electron chi connectivity index (χ3n) is 3.94. The number of amides is 2. The first-order valence-electron chi connectivity index (χ1n) is 9.98. The largest absolute Gasteiger partial charge is 0.493 e. The van der Waals surface area contributed by atoms with E-state index in [9.17, 15) is 9.59 Å². The first-order valence-corrected chi connectivity index (χ1v) is 9.98. The highest BCUT2D eigenvalue weighted by atomic mass is 16.5. The van der Waals surface area contributed by atoms with E-state index in [1.165, 1.54) is 0 Å². The Hall–Kier alpha value is -3.02. The Kier molecular flexibility index (Phi) is 8.52. The van der Waals surface area contributed by atoms with E-state index in [-0.39, 0.29) is 18.4 Å². The van der Waals surface area contributed by atoms with Gasteiger partial charge in [0.05, 0.1) is 13.2 Å². The van der Waals surface area contributed by atoms with Crippen LogP contribution in [0.1, 0.15) is 34.1 Å². The molecular formula is C23H31N3O3. The van der Waals surface area contributed by atoms with Crippen molar-refractivity contribution in [1.29, 1.82) is 0 Å².